The number of nitrogens with one attached hydrogen (secondary N) is 1. The van der Waals surface area contributed by atoms with Crippen molar-refractivity contribution in [3.8, 4) is 0 Å². The van der Waals surface area contributed by atoms with Gasteiger partial charge < -0.3 is 5.32 Å². The second kappa shape index (κ2) is 5.93. The van der Waals surface area contributed by atoms with E-state index in [1.165, 1.54) is 36.9 Å². The van der Waals surface area contributed by atoms with Crippen molar-refractivity contribution in [1.29, 1.82) is 0 Å². The van der Waals surface area contributed by atoms with Gasteiger partial charge >= 0.3 is 0 Å². The van der Waals surface area contributed by atoms with Crippen LogP contribution in [0, 0.1) is 5.41 Å². The zero-order valence-corrected chi connectivity index (χ0v) is 13.1. The van der Waals surface area contributed by atoms with Crippen molar-refractivity contribution in [1.82, 2.24) is 0 Å². The predicted molar refractivity (Wildman–Crippen MR) is 91.2 cm³/mol. The van der Waals surface area contributed by atoms with Crippen LogP contribution < -0.4 is 5.32 Å². The van der Waals surface area contributed by atoms with Gasteiger partial charge in [-0.1, -0.05) is 44.2 Å². The van der Waals surface area contributed by atoms with E-state index in [-0.39, 0.29) is 0 Å². The average Bonchev–Trinajstić information content (AvgIpc) is 2.49. The monoisotopic (exact) mass is 279 g/mol. The molecule has 0 bridgehead atoms. The number of para-hydroxylation sites is 1. The number of anilines is 2. The lowest BCUT2D eigenvalue weighted by Crippen LogP contribution is -2.20. The van der Waals surface area contributed by atoms with Gasteiger partial charge in [-0.3, -0.25) is 0 Å². The van der Waals surface area contributed by atoms with Gasteiger partial charge in [0.25, 0.3) is 0 Å². The fraction of sp³-hybridized carbons (Fsp3) is 0.400. The zero-order chi connectivity index (χ0) is 14.7. The SMILES string of the molecule is CC1(C)CCC(c2ccc(Nc3ccccc3)cc2)CC1. The lowest BCUT2D eigenvalue weighted by molar-refractivity contribution is 0.224. The summed E-state index contributed by atoms with van der Waals surface area (Å²) in [5, 5.41) is 3.45. The second-order valence-corrected chi connectivity index (χ2v) is 7.05. The molecule has 0 saturated heterocycles. The van der Waals surface area contributed by atoms with E-state index >= 15 is 0 Å². The summed E-state index contributed by atoms with van der Waals surface area (Å²) in [6, 6.07) is 19.4. The number of benzene rings is 2. The standard InChI is InChI=1S/C20H25N/c1-20(2)14-12-17(13-15-20)16-8-10-19(11-9-16)21-18-6-4-3-5-7-18/h3-11,17,21H,12-15H2,1-2H3. The number of hydrogen-bond acceptors (Lipinski definition) is 1. The minimum atomic E-state index is 0.547. The van der Waals surface area contributed by atoms with Gasteiger partial charge in [0.2, 0.25) is 0 Å². The van der Waals surface area contributed by atoms with Crippen LogP contribution in [0.4, 0.5) is 11.4 Å². The smallest absolute Gasteiger partial charge is 0.0384 e. The van der Waals surface area contributed by atoms with Gasteiger partial charge in [0.05, 0.1) is 0 Å². The largest absolute Gasteiger partial charge is 0.356 e. The van der Waals surface area contributed by atoms with Crippen LogP contribution in [0.1, 0.15) is 51.0 Å². The highest BCUT2D eigenvalue weighted by molar-refractivity contribution is 5.59. The molecule has 21 heavy (non-hydrogen) atoms. The van der Waals surface area contributed by atoms with E-state index in [1.54, 1.807) is 0 Å². The Labute approximate surface area is 128 Å². The van der Waals surface area contributed by atoms with E-state index < -0.39 is 0 Å². The Bertz CT molecular complexity index is 559. The maximum absolute atomic E-state index is 3.45. The third kappa shape index (κ3) is 3.66. The van der Waals surface area contributed by atoms with E-state index in [0.29, 0.717) is 5.41 Å². The van der Waals surface area contributed by atoms with E-state index in [9.17, 15) is 0 Å². The van der Waals surface area contributed by atoms with E-state index in [2.05, 4.69) is 67.7 Å². The molecule has 2 aromatic rings. The molecule has 0 radical (unpaired) electrons. The lowest BCUT2D eigenvalue weighted by Gasteiger charge is -2.34. The number of hydrogen-bond donors (Lipinski definition) is 1. The van der Waals surface area contributed by atoms with Crippen LogP contribution in [0.25, 0.3) is 0 Å². The highest BCUT2D eigenvalue weighted by atomic mass is 14.9. The second-order valence-electron chi connectivity index (χ2n) is 7.05. The Morgan fingerprint density at radius 1 is 0.810 bits per heavy atom. The Morgan fingerprint density at radius 2 is 1.38 bits per heavy atom. The first-order valence-corrected chi connectivity index (χ1v) is 8.04. The van der Waals surface area contributed by atoms with Gasteiger partial charge in [0.15, 0.2) is 0 Å². The molecule has 1 aliphatic rings. The van der Waals surface area contributed by atoms with Crippen molar-refractivity contribution in [2.24, 2.45) is 5.41 Å². The van der Waals surface area contributed by atoms with Crippen LogP contribution in [-0.2, 0) is 0 Å². The Hall–Kier alpha value is -1.76. The first-order chi connectivity index (χ1) is 10.1. The van der Waals surface area contributed by atoms with Gasteiger partial charge in [-0.2, -0.15) is 0 Å². The summed E-state index contributed by atoms with van der Waals surface area (Å²) in [7, 11) is 0. The quantitative estimate of drug-likeness (QED) is 0.714. The van der Waals surface area contributed by atoms with Gasteiger partial charge in [-0.25, -0.2) is 0 Å². The summed E-state index contributed by atoms with van der Waals surface area (Å²) in [6.07, 6.45) is 5.36. The normalized spacial score (nSPS) is 18.4. The molecule has 1 N–H and O–H groups in total. The van der Waals surface area contributed by atoms with Crippen molar-refractivity contribution in [2.45, 2.75) is 45.4 Å². The van der Waals surface area contributed by atoms with Crippen molar-refractivity contribution in [3.05, 3.63) is 60.2 Å². The topological polar surface area (TPSA) is 12.0 Å². The summed E-state index contributed by atoms with van der Waals surface area (Å²) in [6.45, 7) is 4.80. The lowest BCUT2D eigenvalue weighted by atomic mass is 9.71. The molecule has 3 rings (SSSR count). The Balaban J connectivity index is 1.65. The summed E-state index contributed by atoms with van der Waals surface area (Å²) in [5.41, 5.74) is 4.36. The van der Waals surface area contributed by atoms with Crippen molar-refractivity contribution >= 4 is 11.4 Å². The molecule has 1 nitrogen and oxygen atoms in total. The average molecular weight is 279 g/mol. The molecule has 2 aromatic carbocycles. The molecule has 0 heterocycles. The van der Waals surface area contributed by atoms with Crippen molar-refractivity contribution in [3.63, 3.8) is 0 Å². The molecule has 0 aromatic heterocycles. The third-order valence-corrected chi connectivity index (χ3v) is 4.78. The molecular formula is C20H25N. The first-order valence-electron chi connectivity index (χ1n) is 8.04. The minimum absolute atomic E-state index is 0.547. The predicted octanol–water partition coefficient (Wildman–Crippen LogP) is 6.11. The summed E-state index contributed by atoms with van der Waals surface area (Å²) in [5.74, 6) is 0.754. The zero-order valence-electron chi connectivity index (χ0n) is 13.1. The molecule has 0 amide bonds. The van der Waals surface area contributed by atoms with Gasteiger partial charge in [0.1, 0.15) is 0 Å². The van der Waals surface area contributed by atoms with Crippen LogP contribution in [-0.4, -0.2) is 0 Å². The van der Waals surface area contributed by atoms with Crippen LogP contribution in [0.3, 0.4) is 0 Å². The molecule has 1 heteroatoms. The fourth-order valence-electron chi connectivity index (χ4n) is 3.26. The maximum Gasteiger partial charge on any atom is 0.0384 e. The fourth-order valence-corrected chi connectivity index (χ4v) is 3.26. The van der Waals surface area contributed by atoms with E-state index in [4.69, 9.17) is 0 Å². The molecule has 0 aliphatic heterocycles. The molecule has 1 fully saturated rings. The van der Waals surface area contributed by atoms with Crippen molar-refractivity contribution in [2.75, 3.05) is 5.32 Å². The molecule has 0 spiro atoms. The molecular weight excluding hydrogens is 254 g/mol. The van der Waals surface area contributed by atoms with Crippen molar-refractivity contribution < 1.29 is 0 Å². The molecule has 1 saturated carbocycles. The van der Waals surface area contributed by atoms with Crippen LogP contribution >= 0.6 is 0 Å². The Morgan fingerprint density at radius 3 is 2.00 bits per heavy atom. The summed E-state index contributed by atoms with van der Waals surface area (Å²) >= 11 is 0. The van der Waals surface area contributed by atoms with Gasteiger partial charge in [0, 0.05) is 11.4 Å². The van der Waals surface area contributed by atoms with Crippen LogP contribution in [0.5, 0.6) is 0 Å². The van der Waals surface area contributed by atoms with Gasteiger partial charge in [-0.15, -0.1) is 0 Å². The molecule has 0 atom stereocenters. The van der Waals surface area contributed by atoms with Crippen LogP contribution in [0.15, 0.2) is 54.6 Å². The first kappa shape index (κ1) is 14.2. The van der Waals surface area contributed by atoms with E-state index in [0.717, 1.165) is 11.6 Å². The highest BCUT2D eigenvalue weighted by Crippen LogP contribution is 2.42. The Kier molecular flexibility index (Phi) is 4.01. The molecule has 0 unspecified atom stereocenters. The van der Waals surface area contributed by atoms with E-state index in [1.807, 2.05) is 6.07 Å². The third-order valence-electron chi connectivity index (χ3n) is 4.78. The minimum Gasteiger partial charge on any atom is -0.356 e. The summed E-state index contributed by atoms with van der Waals surface area (Å²) < 4.78 is 0. The summed E-state index contributed by atoms with van der Waals surface area (Å²) in [4.78, 5) is 0. The highest BCUT2D eigenvalue weighted by Gasteiger charge is 2.27. The number of rotatable bonds is 3. The molecule has 1 aliphatic carbocycles. The van der Waals surface area contributed by atoms with Crippen LogP contribution in [0.2, 0.25) is 0 Å². The van der Waals surface area contributed by atoms with Gasteiger partial charge in [-0.05, 0) is 66.8 Å². The molecule has 110 valence electrons. The maximum atomic E-state index is 3.45.